The van der Waals surface area contributed by atoms with Crippen molar-refractivity contribution < 1.29 is 14.7 Å². The predicted molar refractivity (Wildman–Crippen MR) is 64.3 cm³/mol. The van der Waals surface area contributed by atoms with E-state index in [4.69, 9.17) is 5.11 Å². The molecular formula is C12H17N3O3. The number of hydrogen-bond acceptors (Lipinski definition) is 3. The summed E-state index contributed by atoms with van der Waals surface area (Å²) in [5.74, 6) is -1.19. The van der Waals surface area contributed by atoms with Crippen LogP contribution in [0, 0.1) is 0 Å². The Morgan fingerprint density at radius 2 is 2.22 bits per heavy atom. The summed E-state index contributed by atoms with van der Waals surface area (Å²) >= 11 is 0. The van der Waals surface area contributed by atoms with Crippen molar-refractivity contribution >= 4 is 11.9 Å². The average Bonchev–Trinajstić information content (AvgIpc) is 3.08. The zero-order valence-electron chi connectivity index (χ0n) is 10.6. The van der Waals surface area contributed by atoms with Gasteiger partial charge >= 0.3 is 5.97 Å². The van der Waals surface area contributed by atoms with Crippen LogP contribution in [0.15, 0.2) is 6.20 Å². The number of carbonyl (C=O) groups excluding carboxylic acids is 1. The normalized spacial score (nSPS) is 14.6. The second-order valence-corrected chi connectivity index (χ2v) is 4.57. The molecule has 0 unspecified atom stereocenters. The van der Waals surface area contributed by atoms with Crippen molar-refractivity contribution in [3.8, 4) is 0 Å². The molecule has 1 aromatic rings. The molecule has 1 aliphatic carbocycles. The van der Waals surface area contributed by atoms with Crippen LogP contribution in [0.4, 0.5) is 0 Å². The Bertz CT molecular complexity index is 477. The van der Waals surface area contributed by atoms with Crippen LogP contribution in [0.3, 0.4) is 0 Å². The van der Waals surface area contributed by atoms with E-state index in [1.807, 2.05) is 6.92 Å². The van der Waals surface area contributed by atoms with E-state index in [1.165, 1.54) is 4.90 Å². The third-order valence-electron chi connectivity index (χ3n) is 3.02. The minimum Gasteiger partial charge on any atom is -0.480 e. The Morgan fingerprint density at radius 1 is 1.56 bits per heavy atom. The van der Waals surface area contributed by atoms with Crippen molar-refractivity contribution in [1.29, 1.82) is 0 Å². The molecule has 2 rings (SSSR count). The second kappa shape index (κ2) is 4.80. The molecule has 1 heterocycles. The summed E-state index contributed by atoms with van der Waals surface area (Å²) in [7, 11) is 1.76. The highest BCUT2D eigenvalue weighted by Crippen LogP contribution is 2.28. The van der Waals surface area contributed by atoms with Crippen LogP contribution < -0.4 is 0 Å². The Kier molecular flexibility index (Phi) is 3.36. The first-order valence-corrected chi connectivity index (χ1v) is 6.08. The van der Waals surface area contributed by atoms with Gasteiger partial charge in [-0.1, -0.05) is 6.92 Å². The first kappa shape index (κ1) is 12.6. The first-order valence-electron chi connectivity index (χ1n) is 6.08. The van der Waals surface area contributed by atoms with E-state index < -0.39 is 5.97 Å². The molecule has 6 nitrogen and oxygen atoms in total. The van der Waals surface area contributed by atoms with Gasteiger partial charge in [0.05, 0.1) is 11.3 Å². The van der Waals surface area contributed by atoms with Crippen molar-refractivity contribution in [3.63, 3.8) is 0 Å². The highest BCUT2D eigenvalue weighted by molar-refractivity contribution is 5.97. The van der Waals surface area contributed by atoms with Gasteiger partial charge in [0.25, 0.3) is 5.91 Å². The average molecular weight is 251 g/mol. The van der Waals surface area contributed by atoms with E-state index in [1.54, 1.807) is 17.9 Å². The molecule has 0 atom stereocenters. The summed E-state index contributed by atoms with van der Waals surface area (Å²) in [5, 5.41) is 13.1. The molecule has 1 saturated carbocycles. The van der Waals surface area contributed by atoms with Crippen molar-refractivity contribution in [2.45, 2.75) is 32.2 Å². The number of amides is 1. The zero-order chi connectivity index (χ0) is 13.3. The molecule has 18 heavy (non-hydrogen) atoms. The van der Waals surface area contributed by atoms with Crippen LogP contribution in [0.2, 0.25) is 0 Å². The third kappa shape index (κ3) is 2.52. The molecule has 98 valence electrons. The molecular weight excluding hydrogens is 234 g/mol. The van der Waals surface area contributed by atoms with E-state index in [2.05, 4.69) is 5.10 Å². The summed E-state index contributed by atoms with van der Waals surface area (Å²) in [6.07, 6.45) is 4.10. The van der Waals surface area contributed by atoms with Crippen LogP contribution in [0.5, 0.6) is 0 Å². The number of carboxylic acids is 1. The summed E-state index contributed by atoms with van der Waals surface area (Å²) in [5.41, 5.74) is 1.24. The van der Waals surface area contributed by atoms with E-state index in [0.29, 0.717) is 12.0 Å². The number of hydrogen-bond donors (Lipinski definition) is 1. The van der Waals surface area contributed by atoms with Crippen molar-refractivity contribution in [2.75, 3.05) is 6.54 Å². The lowest BCUT2D eigenvalue weighted by Crippen LogP contribution is -2.37. The first-order chi connectivity index (χ1) is 8.52. The molecule has 1 N–H and O–H groups in total. The topological polar surface area (TPSA) is 75.4 Å². The van der Waals surface area contributed by atoms with Gasteiger partial charge in [-0.2, -0.15) is 5.10 Å². The highest BCUT2D eigenvalue weighted by atomic mass is 16.4. The molecule has 0 spiro atoms. The fraction of sp³-hybridized carbons (Fsp3) is 0.583. The molecule has 1 aliphatic rings. The molecule has 0 aliphatic heterocycles. The Balaban J connectivity index is 2.24. The van der Waals surface area contributed by atoms with Crippen molar-refractivity contribution in [3.05, 3.63) is 17.5 Å². The van der Waals surface area contributed by atoms with Gasteiger partial charge in [0, 0.05) is 19.3 Å². The molecule has 1 amide bonds. The minimum atomic E-state index is -0.975. The van der Waals surface area contributed by atoms with E-state index in [9.17, 15) is 9.59 Å². The van der Waals surface area contributed by atoms with Gasteiger partial charge in [0.2, 0.25) is 0 Å². The SMILES string of the molecule is CCc1nn(C)cc1C(=O)N(CC(=O)O)C1CC1. The number of aliphatic carboxylic acids is 1. The van der Waals surface area contributed by atoms with Gasteiger partial charge in [-0.15, -0.1) is 0 Å². The summed E-state index contributed by atoms with van der Waals surface area (Å²) in [6, 6.07) is 0.0820. The highest BCUT2D eigenvalue weighted by Gasteiger charge is 2.35. The van der Waals surface area contributed by atoms with Crippen LogP contribution in [0.1, 0.15) is 35.8 Å². The maximum absolute atomic E-state index is 12.4. The van der Waals surface area contributed by atoms with Gasteiger partial charge in [-0.3, -0.25) is 14.3 Å². The lowest BCUT2D eigenvalue weighted by atomic mass is 10.2. The van der Waals surface area contributed by atoms with Crippen LogP contribution in [-0.4, -0.2) is 44.3 Å². The number of carboxylic acid groups (broad SMARTS) is 1. The van der Waals surface area contributed by atoms with Gasteiger partial charge in [-0.05, 0) is 19.3 Å². The zero-order valence-corrected chi connectivity index (χ0v) is 10.6. The van der Waals surface area contributed by atoms with Crippen molar-refractivity contribution in [1.82, 2.24) is 14.7 Å². The van der Waals surface area contributed by atoms with E-state index in [-0.39, 0.29) is 18.5 Å². The third-order valence-corrected chi connectivity index (χ3v) is 3.02. The molecule has 0 bridgehead atoms. The van der Waals surface area contributed by atoms with Gasteiger partial charge in [0.1, 0.15) is 6.54 Å². The molecule has 1 fully saturated rings. The quantitative estimate of drug-likeness (QED) is 0.834. The van der Waals surface area contributed by atoms with Crippen LogP contribution in [0.25, 0.3) is 0 Å². The number of rotatable bonds is 5. The number of aryl methyl sites for hydroxylation is 2. The van der Waals surface area contributed by atoms with E-state index in [0.717, 1.165) is 18.5 Å². The molecule has 0 saturated heterocycles. The van der Waals surface area contributed by atoms with Crippen LogP contribution in [-0.2, 0) is 18.3 Å². The Hall–Kier alpha value is -1.85. The minimum absolute atomic E-state index is 0.0820. The Morgan fingerprint density at radius 3 is 2.72 bits per heavy atom. The molecule has 0 aromatic carbocycles. The maximum Gasteiger partial charge on any atom is 0.323 e. The largest absolute Gasteiger partial charge is 0.480 e. The number of nitrogens with zero attached hydrogens (tertiary/aromatic N) is 3. The standard InChI is InChI=1S/C12H17N3O3/c1-3-10-9(6-14(2)13-10)12(18)15(7-11(16)17)8-4-5-8/h6,8H,3-5,7H2,1-2H3,(H,16,17). The Labute approximate surface area is 105 Å². The van der Waals surface area contributed by atoms with E-state index >= 15 is 0 Å². The van der Waals surface area contributed by atoms with Crippen LogP contribution >= 0.6 is 0 Å². The fourth-order valence-electron chi connectivity index (χ4n) is 2.03. The maximum atomic E-state index is 12.4. The lowest BCUT2D eigenvalue weighted by molar-refractivity contribution is -0.137. The van der Waals surface area contributed by atoms with Gasteiger partial charge in [-0.25, -0.2) is 0 Å². The molecule has 0 radical (unpaired) electrons. The number of aromatic nitrogens is 2. The molecule has 1 aromatic heterocycles. The predicted octanol–water partition coefficient (Wildman–Crippen LogP) is 0.672. The summed E-state index contributed by atoms with van der Waals surface area (Å²) in [4.78, 5) is 24.6. The lowest BCUT2D eigenvalue weighted by Gasteiger charge is -2.19. The van der Waals surface area contributed by atoms with Crippen molar-refractivity contribution in [2.24, 2.45) is 7.05 Å². The second-order valence-electron chi connectivity index (χ2n) is 4.57. The fourth-order valence-corrected chi connectivity index (χ4v) is 2.03. The monoisotopic (exact) mass is 251 g/mol. The summed E-state index contributed by atoms with van der Waals surface area (Å²) in [6.45, 7) is 1.69. The van der Waals surface area contributed by atoms with Gasteiger partial charge < -0.3 is 10.0 Å². The summed E-state index contributed by atoms with van der Waals surface area (Å²) < 4.78 is 1.60. The smallest absolute Gasteiger partial charge is 0.323 e. The van der Waals surface area contributed by atoms with Gasteiger partial charge in [0.15, 0.2) is 0 Å². The molecule has 6 heteroatoms. The number of carbonyl (C=O) groups is 2.